The fraction of sp³-hybridized carbons (Fsp3) is 0.282. The van der Waals surface area contributed by atoms with Crippen molar-refractivity contribution in [2.75, 3.05) is 31.1 Å². The molecule has 0 bridgehead atoms. The van der Waals surface area contributed by atoms with Gasteiger partial charge in [-0.1, -0.05) is 24.3 Å². The van der Waals surface area contributed by atoms with Crippen LogP contribution in [-0.4, -0.2) is 75.1 Å². The zero-order chi connectivity index (χ0) is 34.3. The van der Waals surface area contributed by atoms with Crippen LogP contribution in [0, 0.1) is 5.82 Å². The lowest BCUT2D eigenvalue weighted by Crippen LogP contribution is -2.45. The van der Waals surface area contributed by atoms with E-state index in [1.807, 2.05) is 42.6 Å². The summed E-state index contributed by atoms with van der Waals surface area (Å²) in [7, 11) is 0. The minimum absolute atomic E-state index is 0.0500. The van der Waals surface area contributed by atoms with E-state index in [4.69, 9.17) is 4.98 Å². The number of likely N-dealkylation sites (tertiary alicyclic amines) is 1. The quantitative estimate of drug-likeness (QED) is 0.210. The molecule has 5 heterocycles. The molecule has 2 aromatic carbocycles. The molecule has 0 radical (unpaired) electrons. The topological polar surface area (TPSA) is 116 Å². The van der Waals surface area contributed by atoms with E-state index in [1.165, 1.54) is 24.4 Å². The first kappa shape index (κ1) is 33.0. The van der Waals surface area contributed by atoms with Crippen molar-refractivity contribution in [2.24, 2.45) is 0 Å². The van der Waals surface area contributed by atoms with Crippen LogP contribution in [0.2, 0.25) is 0 Å². The molecule has 0 saturated carbocycles. The van der Waals surface area contributed by atoms with Crippen molar-refractivity contribution in [1.82, 2.24) is 35.7 Å². The monoisotopic (exact) mass is 670 g/mol. The molecule has 2 amide bonds. The van der Waals surface area contributed by atoms with Crippen molar-refractivity contribution in [3.63, 3.8) is 0 Å². The molecular formula is C39H39FN8O2. The summed E-state index contributed by atoms with van der Waals surface area (Å²) in [5.74, 6) is 0.242. The zero-order valence-corrected chi connectivity index (χ0v) is 27.7. The van der Waals surface area contributed by atoms with E-state index < -0.39 is 5.82 Å². The van der Waals surface area contributed by atoms with Gasteiger partial charge in [0.1, 0.15) is 11.6 Å². The van der Waals surface area contributed by atoms with Crippen LogP contribution in [-0.2, 0) is 6.54 Å². The molecule has 3 aromatic heterocycles. The van der Waals surface area contributed by atoms with E-state index in [0.29, 0.717) is 16.8 Å². The number of piperidine rings is 2. The van der Waals surface area contributed by atoms with Gasteiger partial charge in [0.15, 0.2) is 0 Å². The molecule has 2 aliphatic heterocycles. The van der Waals surface area contributed by atoms with Crippen LogP contribution in [0.4, 0.5) is 10.2 Å². The fourth-order valence-electron chi connectivity index (χ4n) is 6.66. The lowest BCUT2D eigenvalue weighted by molar-refractivity contribution is 0.0906. The second-order valence-electron chi connectivity index (χ2n) is 12.9. The zero-order valence-electron chi connectivity index (χ0n) is 27.7. The predicted molar refractivity (Wildman–Crippen MR) is 190 cm³/mol. The highest BCUT2D eigenvalue weighted by Gasteiger charge is 2.24. The van der Waals surface area contributed by atoms with Gasteiger partial charge in [0.2, 0.25) is 0 Å². The first-order chi connectivity index (χ1) is 24.5. The Hall–Kier alpha value is -5.55. The Bertz CT molecular complexity index is 1910. The van der Waals surface area contributed by atoms with Crippen LogP contribution in [0.5, 0.6) is 0 Å². The highest BCUT2D eigenvalue weighted by atomic mass is 19.1. The Morgan fingerprint density at radius 1 is 0.740 bits per heavy atom. The third-order valence-corrected chi connectivity index (χ3v) is 9.49. The third-order valence-electron chi connectivity index (χ3n) is 9.49. The predicted octanol–water partition coefficient (Wildman–Crippen LogP) is 5.53. The van der Waals surface area contributed by atoms with Gasteiger partial charge >= 0.3 is 0 Å². The Balaban J connectivity index is 0.847. The number of hydrogen-bond acceptors (Lipinski definition) is 8. The summed E-state index contributed by atoms with van der Waals surface area (Å²) in [6, 6.07) is 23.6. The molecule has 0 atom stereocenters. The number of carbonyl (C=O) groups excluding carboxylic acids is 2. The van der Waals surface area contributed by atoms with Gasteiger partial charge in [0.05, 0.1) is 5.69 Å². The largest absolute Gasteiger partial charge is 0.356 e. The molecule has 0 spiro atoms. The SMILES string of the molecule is O=C(NC1CCN(Cc2ccc(N3CCC(NC(=O)c4cccc(-c5cccnc5)c4)CC3)nc2)CC1)c1ccc(F)c(-c2cccnn2)c1. The summed E-state index contributed by atoms with van der Waals surface area (Å²) in [5, 5.41) is 14.1. The first-order valence-corrected chi connectivity index (χ1v) is 17.1. The molecule has 2 aliphatic rings. The van der Waals surface area contributed by atoms with Gasteiger partial charge in [-0.25, -0.2) is 9.37 Å². The Labute approximate surface area is 290 Å². The molecule has 50 heavy (non-hydrogen) atoms. The van der Waals surface area contributed by atoms with Crippen LogP contribution in [0.1, 0.15) is 52.0 Å². The fourth-order valence-corrected chi connectivity index (χ4v) is 6.66. The van der Waals surface area contributed by atoms with Gasteiger partial charge < -0.3 is 15.5 Å². The maximum absolute atomic E-state index is 14.4. The molecule has 7 rings (SSSR count). The number of halogens is 1. The Morgan fingerprint density at radius 3 is 2.14 bits per heavy atom. The Morgan fingerprint density at radius 2 is 1.46 bits per heavy atom. The van der Waals surface area contributed by atoms with Crippen molar-refractivity contribution in [3.8, 4) is 22.4 Å². The molecule has 254 valence electrons. The average Bonchev–Trinajstić information content (AvgIpc) is 3.17. The number of pyridine rings is 2. The average molecular weight is 671 g/mol. The van der Waals surface area contributed by atoms with E-state index in [-0.39, 0.29) is 29.5 Å². The molecule has 5 aromatic rings. The maximum atomic E-state index is 14.4. The number of hydrogen-bond donors (Lipinski definition) is 2. The first-order valence-electron chi connectivity index (χ1n) is 17.1. The lowest BCUT2D eigenvalue weighted by atomic mass is 10.0. The van der Waals surface area contributed by atoms with Crippen molar-refractivity contribution in [2.45, 2.75) is 44.3 Å². The van der Waals surface area contributed by atoms with Crippen molar-refractivity contribution in [1.29, 1.82) is 0 Å². The number of carbonyl (C=O) groups is 2. The number of aromatic nitrogens is 4. The minimum atomic E-state index is -0.441. The van der Waals surface area contributed by atoms with Crippen LogP contribution in [0.3, 0.4) is 0 Å². The van der Waals surface area contributed by atoms with Gasteiger partial charge in [0, 0.05) is 91.8 Å². The molecule has 10 nitrogen and oxygen atoms in total. The van der Waals surface area contributed by atoms with Crippen molar-refractivity contribution in [3.05, 3.63) is 126 Å². The minimum Gasteiger partial charge on any atom is -0.356 e. The van der Waals surface area contributed by atoms with E-state index in [0.717, 1.165) is 80.9 Å². The van der Waals surface area contributed by atoms with E-state index in [1.54, 1.807) is 24.5 Å². The third kappa shape index (κ3) is 8.01. The maximum Gasteiger partial charge on any atom is 0.251 e. The number of nitrogens with one attached hydrogen (secondary N) is 2. The molecule has 2 saturated heterocycles. The van der Waals surface area contributed by atoms with Gasteiger partial charge in [-0.3, -0.25) is 19.5 Å². The molecule has 0 unspecified atom stereocenters. The standard InChI is InChI=1S/C39H39FN8O2/c40-35-10-9-30(23-34(35)36-7-3-17-43-46-36)39(50)44-32-12-18-47(19-13-32)26-27-8-11-37(42-24-27)48-20-14-33(15-21-48)45-38(49)29-5-1-4-28(22-29)31-6-2-16-41-25-31/h1-11,16-17,22-25,32-33H,12-15,18-21,26H2,(H,44,50)(H,45,49). The van der Waals surface area contributed by atoms with E-state index in [9.17, 15) is 14.0 Å². The molecular weight excluding hydrogens is 631 g/mol. The summed E-state index contributed by atoms with van der Waals surface area (Å²) < 4.78 is 14.4. The number of amides is 2. The van der Waals surface area contributed by atoms with Crippen LogP contribution < -0.4 is 15.5 Å². The van der Waals surface area contributed by atoms with Crippen LogP contribution in [0.25, 0.3) is 22.4 Å². The normalized spacial score (nSPS) is 15.8. The second kappa shape index (κ2) is 15.3. The lowest BCUT2D eigenvalue weighted by Gasteiger charge is -2.34. The summed E-state index contributed by atoms with van der Waals surface area (Å²) in [6.45, 7) is 4.16. The number of benzene rings is 2. The number of nitrogens with zero attached hydrogens (tertiary/aromatic N) is 6. The van der Waals surface area contributed by atoms with E-state index >= 15 is 0 Å². The van der Waals surface area contributed by atoms with Gasteiger partial charge in [-0.2, -0.15) is 10.2 Å². The number of anilines is 1. The van der Waals surface area contributed by atoms with Gasteiger partial charge in [-0.05, 0) is 91.4 Å². The summed E-state index contributed by atoms with van der Waals surface area (Å²) in [5.41, 5.74) is 4.81. The van der Waals surface area contributed by atoms with Crippen molar-refractivity contribution < 1.29 is 14.0 Å². The smallest absolute Gasteiger partial charge is 0.251 e. The van der Waals surface area contributed by atoms with E-state index in [2.05, 4.69) is 47.7 Å². The summed E-state index contributed by atoms with van der Waals surface area (Å²) in [6.07, 6.45) is 10.4. The van der Waals surface area contributed by atoms with Crippen molar-refractivity contribution >= 4 is 17.6 Å². The highest BCUT2D eigenvalue weighted by Crippen LogP contribution is 2.24. The van der Waals surface area contributed by atoms with Gasteiger partial charge in [-0.15, -0.1) is 0 Å². The molecule has 0 aliphatic carbocycles. The number of rotatable bonds is 9. The summed E-state index contributed by atoms with van der Waals surface area (Å²) >= 11 is 0. The Kier molecular flexibility index (Phi) is 10.1. The molecule has 11 heteroatoms. The van der Waals surface area contributed by atoms with Crippen LogP contribution in [0.15, 0.2) is 104 Å². The van der Waals surface area contributed by atoms with Gasteiger partial charge in [0.25, 0.3) is 11.8 Å². The second-order valence-corrected chi connectivity index (χ2v) is 12.9. The molecule has 2 fully saturated rings. The molecule has 2 N–H and O–H groups in total. The summed E-state index contributed by atoms with van der Waals surface area (Å²) in [4.78, 5) is 39.7. The van der Waals surface area contributed by atoms with Crippen LogP contribution >= 0.6 is 0 Å². The highest BCUT2D eigenvalue weighted by molar-refractivity contribution is 5.96.